The number of sulfonamides is 1. The predicted molar refractivity (Wildman–Crippen MR) is 177 cm³/mol. The fraction of sp³-hybridized carbons (Fsp3) is 0.364. The Labute approximate surface area is 273 Å². The molecular weight excluding hydrogens is 630 g/mol. The van der Waals surface area contributed by atoms with E-state index in [0.717, 1.165) is 11.1 Å². The quantitative estimate of drug-likeness (QED) is 0.225. The summed E-state index contributed by atoms with van der Waals surface area (Å²) >= 11 is 6.05. The van der Waals surface area contributed by atoms with Crippen molar-refractivity contribution in [1.29, 1.82) is 0 Å². The van der Waals surface area contributed by atoms with Crippen LogP contribution in [0.5, 0.6) is 5.75 Å². The molecule has 1 fully saturated rings. The summed E-state index contributed by atoms with van der Waals surface area (Å²) in [5, 5.41) is 8.45. The van der Waals surface area contributed by atoms with Crippen molar-refractivity contribution < 1.29 is 27.5 Å². The molecule has 1 saturated heterocycles. The number of nitrogens with one attached hydrogen (secondary N) is 2. The number of halogens is 1. The molecule has 0 spiro atoms. The van der Waals surface area contributed by atoms with Gasteiger partial charge in [-0.1, -0.05) is 48.0 Å². The Kier molecular flexibility index (Phi) is 9.23. The lowest BCUT2D eigenvalue weighted by molar-refractivity contribution is -0.131. The summed E-state index contributed by atoms with van der Waals surface area (Å²) < 4.78 is 41.9. The average Bonchev–Trinajstić information content (AvgIpc) is 3.56. The SMILES string of the molecule is COc1cccc2c1c(NS(=O)(=O)c1cccc(Cl)c1)nn2Cc1cccc(CNC(=O)[C@]2(C)CCCN2C(=O)OC(C)(C)C)c1. The van der Waals surface area contributed by atoms with Crippen LogP contribution in [0.4, 0.5) is 10.6 Å². The maximum Gasteiger partial charge on any atom is 0.411 e. The van der Waals surface area contributed by atoms with E-state index in [4.69, 9.17) is 21.1 Å². The Morgan fingerprint density at radius 3 is 2.48 bits per heavy atom. The number of carbonyl (C=O) groups excluding carboxylic acids is 2. The van der Waals surface area contributed by atoms with Crippen molar-refractivity contribution >= 4 is 50.3 Å². The van der Waals surface area contributed by atoms with Gasteiger partial charge in [-0.2, -0.15) is 5.10 Å². The minimum atomic E-state index is -4.00. The number of benzene rings is 3. The number of aromatic nitrogens is 2. The average molecular weight is 668 g/mol. The molecule has 13 heteroatoms. The van der Waals surface area contributed by atoms with Crippen LogP contribution >= 0.6 is 11.6 Å². The van der Waals surface area contributed by atoms with E-state index >= 15 is 0 Å². The first kappa shape index (κ1) is 33.1. The minimum absolute atomic E-state index is 0.00743. The third-order valence-electron chi connectivity index (χ3n) is 7.82. The first-order valence-corrected chi connectivity index (χ1v) is 16.7. The number of anilines is 1. The number of methoxy groups -OCH3 is 1. The zero-order valence-electron chi connectivity index (χ0n) is 26.5. The first-order chi connectivity index (χ1) is 21.7. The van der Waals surface area contributed by atoms with E-state index in [1.807, 2.05) is 36.4 Å². The summed E-state index contributed by atoms with van der Waals surface area (Å²) in [6.45, 7) is 8.19. The summed E-state index contributed by atoms with van der Waals surface area (Å²) in [5.74, 6) is 0.336. The van der Waals surface area contributed by atoms with Gasteiger partial charge in [-0.25, -0.2) is 13.2 Å². The van der Waals surface area contributed by atoms with E-state index in [0.29, 0.717) is 47.6 Å². The summed E-state index contributed by atoms with van der Waals surface area (Å²) in [6.07, 6.45) is 0.748. The fourth-order valence-electron chi connectivity index (χ4n) is 5.57. The van der Waals surface area contributed by atoms with Crippen LogP contribution in [0.2, 0.25) is 5.02 Å². The van der Waals surface area contributed by atoms with Gasteiger partial charge in [-0.15, -0.1) is 0 Å². The highest BCUT2D eigenvalue weighted by atomic mass is 35.5. The van der Waals surface area contributed by atoms with E-state index in [1.165, 1.54) is 24.1 Å². The molecular formula is C33H38ClN5O6S. The molecule has 1 aliphatic heterocycles. The van der Waals surface area contributed by atoms with Crippen LogP contribution in [0.15, 0.2) is 71.6 Å². The molecule has 5 rings (SSSR count). The molecule has 2 N–H and O–H groups in total. The number of amides is 2. The summed E-state index contributed by atoms with van der Waals surface area (Å²) in [6, 6.07) is 19.0. The van der Waals surface area contributed by atoms with Gasteiger partial charge in [0.25, 0.3) is 10.0 Å². The Balaban J connectivity index is 1.35. The number of carbonyl (C=O) groups is 2. The third-order valence-corrected chi connectivity index (χ3v) is 9.39. The maximum atomic E-state index is 13.4. The maximum absolute atomic E-state index is 13.4. The number of likely N-dealkylation sites (tertiary alicyclic amines) is 1. The smallest absolute Gasteiger partial charge is 0.411 e. The molecule has 1 aromatic heterocycles. The van der Waals surface area contributed by atoms with Gasteiger partial charge in [0, 0.05) is 18.1 Å². The molecule has 244 valence electrons. The van der Waals surface area contributed by atoms with E-state index in [9.17, 15) is 18.0 Å². The van der Waals surface area contributed by atoms with Gasteiger partial charge in [0.1, 0.15) is 16.9 Å². The van der Waals surface area contributed by atoms with Gasteiger partial charge in [0.05, 0.1) is 29.5 Å². The molecule has 4 aromatic rings. The Hall–Kier alpha value is -4.29. The van der Waals surface area contributed by atoms with Crippen molar-refractivity contribution in [1.82, 2.24) is 20.0 Å². The van der Waals surface area contributed by atoms with Gasteiger partial charge >= 0.3 is 6.09 Å². The van der Waals surface area contributed by atoms with Crippen molar-refractivity contribution in [3.8, 4) is 5.75 Å². The molecule has 46 heavy (non-hydrogen) atoms. The highest BCUT2D eigenvalue weighted by Gasteiger charge is 2.47. The van der Waals surface area contributed by atoms with Crippen LogP contribution in [-0.2, 0) is 32.6 Å². The van der Waals surface area contributed by atoms with Gasteiger partial charge in [-0.3, -0.25) is 19.1 Å². The second-order valence-electron chi connectivity index (χ2n) is 12.4. The number of nitrogens with zero attached hydrogens (tertiary/aromatic N) is 3. The van der Waals surface area contributed by atoms with E-state index in [-0.39, 0.29) is 23.2 Å². The molecule has 0 bridgehead atoms. The number of rotatable bonds is 9. The standard InChI is InChI=1S/C33H38ClN5O6S/c1-32(2,3)45-31(41)38-17-9-16-33(38,4)30(40)35-20-22-10-6-11-23(18-22)21-39-26-14-8-15-27(44-5)28(26)29(36-39)37-46(42,43)25-13-7-12-24(34)19-25/h6-8,10-15,18-19H,9,16-17,20-21H2,1-5H3,(H,35,40)(H,36,37)/t33-/m0/s1. The van der Waals surface area contributed by atoms with E-state index in [1.54, 1.807) is 50.6 Å². The lowest BCUT2D eigenvalue weighted by Crippen LogP contribution is -2.56. The Bertz CT molecular complexity index is 1890. The number of fused-ring (bicyclic) bond motifs is 1. The van der Waals surface area contributed by atoms with Crippen LogP contribution in [-0.4, -0.2) is 59.9 Å². The van der Waals surface area contributed by atoms with E-state index < -0.39 is 27.3 Å². The lowest BCUT2D eigenvalue weighted by atomic mass is 9.97. The summed E-state index contributed by atoms with van der Waals surface area (Å²) in [7, 11) is -2.49. The largest absolute Gasteiger partial charge is 0.496 e. The summed E-state index contributed by atoms with van der Waals surface area (Å²) in [5.41, 5.74) is 0.724. The molecule has 2 heterocycles. The first-order valence-electron chi connectivity index (χ1n) is 14.9. The van der Waals surface area contributed by atoms with Crippen molar-refractivity contribution in [2.24, 2.45) is 0 Å². The molecule has 11 nitrogen and oxygen atoms in total. The highest BCUT2D eigenvalue weighted by molar-refractivity contribution is 7.92. The number of hydrogen-bond donors (Lipinski definition) is 2. The normalized spacial score (nSPS) is 16.8. The second-order valence-corrected chi connectivity index (χ2v) is 14.6. The van der Waals surface area contributed by atoms with Crippen molar-refractivity contribution in [2.75, 3.05) is 18.4 Å². The van der Waals surface area contributed by atoms with Crippen LogP contribution < -0.4 is 14.8 Å². The van der Waals surface area contributed by atoms with Crippen LogP contribution in [0.25, 0.3) is 10.9 Å². The Morgan fingerprint density at radius 2 is 1.76 bits per heavy atom. The van der Waals surface area contributed by atoms with Crippen molar-refractivity contribution in [2.45, 2.75) is 69.7 Å². The molecule has 0 radical (unpaired) electrons. The van der Waals surface area contributed by atoms with Crippen molar-refractivity contribution in [3.05, 3.63) is 82.9 Å². The molecule has 0 saturated carbocycles. The lowest BCUT2D eigenvalue weighted by Gasteiger charge is -2.35. The number of ether oxygens (including phenoxy) is 2. The molecule has 0 unspecified atom stereocenters. The highest BCUT2D eigenvalue weighted by Crippen LogP contribution is 2.34. The van der Waals surface area contributed by atoms with Gasteiger partial charge in [0.2, 0.25) is 5.91 Å². The molecule has 1 aliphatic rings. The van der Waals surface area contributed by atoms with Gasteiger partial charge < -0.3 is 14.8 Å². The molecule has 0 aliphatic carbocycles. The van der Waals surface area contributed by atoms with Crippen LogP contribution in [0, 0.1) is 0 Å². The van der Waals surface area contributed by atoms with E-state index in [2.05, 4.69) is 15.1 Å². The zero-order chi connectivity index (χ0) is 33.3. The topological polar surface area (TPSA) is 132 Å². The summed E-state index contributed by atoms with van der Waals surface area (Å²) in [4.78, 5) is 27.7. The van der Waals surface area contributed by atoms with Crippen LogP contribution in [0.3, 0.4) is 0 Å². The molecule has 3 aromatic carbocycles. The Morgan fingerprint density at radius 1 is 1.04 bits per heavy atom. The second kappa shape index (κ2) is 12.8. The molecule has 1 atom stereocenters. The zero-order valence-corrected chi connectivity index (χ0v) is 28.0. The van der Waals surface area contributed by atoms with Gasteiger partial charge in [-0.05, 0) is 82.0 Å². The van der Waals surface area contributed by atoms with Crippen molar-refractivity contribution in [3.63, 3.8) is 0 Å². The fourth-order valence-corrected chi connectivity index (χ4v) is 6.88. The number of hydrogen-bond acceptors (Lipinski definition) is 7. The molecule has 2 amide bonds. The predicted octanol–water partition coefficient (Wildman–Crippen LogP) is 5.95. The third kappa shape index (κ3) is 7.07. The van der Waals surface area contributed by atoms with Crippen LogP contribution in [0.1, 0.15) is 51.7 Å². The monoisotopic (exact) mass is 667 g/mol. The van der Waals surface area contributed by atoms with Gasteiger partial charge in [0.15, 0.2) is 5.82 Å². The minimum Gasteiger partial charge on any atom is -0.496 e.